The Bertz CT molecular complexity index is 832. The lowest BCUT2D eigenvalue weighted by Gasteiger charge is -2.35. The van der Waals surface area contributed by atoms with Gasteiger partial charge in [-0.05, 0) is 25.0 Å². The molecule has 4 rings (SSSR count). The molecule has 2 aliphatic rings. The predicted octanol–water partition coefficient (Wildman–Crippen LogP) is 1.83. The molecular formula is C20H24N2O5. The van der Waals surface area contributed by atoms with Crippen LogP contribution in [0.15, 0.2) is 28.9 Å². The van der Waals surface area contributed by atoms with E-state index in [1.165, 1.54) is 0 Å². The highest BCUT2D eigenvalue weighted by atomic mass is 16.5. The highest BCUT2D eigenvalue weighted by molar-refractivity contribution is 5.88. The summed E-state index contributed by atoms with van der Waals surface area (Å²) < 4.78 is 16.2. The molecule has 144 valence electrons. The molecule has 2 aliphatic heterocycles. The molecule has 0 aliphatic carbocycles. The van der Waals surface area contributed by atoms with Gasteiger partial charge in [0.25, 0.3) is 5.91 Å². The molecule has 1 atom stereocenters. The summed E-state index contributed by atoms with van der Waals surface area (Å²) in [5.74, 6) is 0.842. The van der Waals surface area contributed by atoms with Crippen molar-refractivity contribution >= 4 is 22.8 Å². The third-order valence-corrected chi connectivity index (χ3v) is 5.35. The number of furan rings is 1. The fraction of sp³-hybridized carbons (Fsp3) is 0.500. The largest absolute Gasteiger partial charge is 0.497 e. The maximum Gasteiger partial charge on any atom is 0.251 e. The van der Waals surface area contributed by atoms with Crippen LogP contribution in [0.2, 0.25) is 0 Å². The minimum atomic E-state index is -0.290. The molecule has 1 aromatic heterocycles. The second-order valence-corrected chi connectivity index (χ2v) is 7.01. The number of hydrogen-bond acceptors (Lipinski definition) is 5. The van der Waals surface area contributed by atoms with Crippen LogP contribution in [0.3, 0.4) is 0 Å². The first-order chi connectivity index (χ1) is 13.2. The summed E-state index contributed by atoms with van der Waals surface area (Å²) in [6, 6.07) is 5.60. The highest BCUT2D eigenvalue weighted by Crippen LogP contribution is 2.26. The SMILES string of the molecule is COc1ccc2c(CC(=O)N3CCN(C(=O)C4CCCO4)CC3)coc2c1. The zero-order valence-corrected chi connectivity index (χ0v) is 15.5. The first-order valence-electron chi connectivity index (χ1n) is 9.38. The van der Waals surface area contributed by atoms with Crippen LogP contribution in [-0.4, -0.2) is 67.6 Å². The third-order valence-electron chi connectivity index (χ3n) is 5.35. The average Bonchev–Trinajstić information content (AvgIpc) is 3.37. The molecule has 7 nitrogen and oxygen atoms in total. The van der Waals surface area contributed by atoms with Crippen molar-refractivity contribution in [2.24, 2.45) is 0 Å². The van der Waals surface area contributed by atoms with Crippen molar-refractivity contribution in [2.45, 2.75) is 25.4 Å². The molecular weight excluding hydrogens is 348 g/mol. The van der Waals surface area contributed by atoms with E-state index in [1.807, 2.05) is 28.0 Å². The summed E-state index contributed by atoms with van der Waals surface area (Å²) in [6.07, 6.45) is 3.38. The Kier molecular flexibility index (Phi) is 5.03. The van der Waals surface area contributed by atoms with E-state index in [0.717, 1.165) is 29.5 Å². The van der Waals surface area contributed by atoms with Gasteiger partial charge in [0.2, 0.25) is 5.91 Å². The van der Waals surface area contributed by atoms with Crippen LogP contribution in [-0.2, 0) is 20.7 Å². The van der Waals surface area contributed by atoms with Crippen LogP contribution in [0.25, 0.3) is 11.0 Å². The molecule has 1 unspecified atom stereocenters. The van der Waals surface area contributed by atoms with Crippen molar-refractivity contribution in [3.8, 4) is 5.75 Å². The highest BCUT2D eigenvalue weighted by Gasteiger charge is 2.31. The number of hydrogen-bond donors (Lipinski definition) is 0. The number of carbonyl (C=O) groups is 2. The smallest absolute Gasteiger partial charge is 0.251 e. The number of ether oxygens (including phenoxy) is 2. The molecule has 0 bridgehead atoms. The van der Waals surface area contributed by atoms with Crippen molar-refractivity contribution in [3.05, 3.63) is 30.0 Å². The summed E-state index contributed by atoms with van der Waals surface area (Å²) in [4.78, 5) is 28.7. The van der Waals surface area contributed by atoms with Crippen molar-refractivity contribution in [3.63, 3.8) is 0 Å². The molecule has 7 heteroatoms. The van der Waals surface area contributed by atoms with E-state index in [-0.39, 0.29) is 17.9 Å². The first-order valence-corrected chi connectivity index (χ1v) is 9.38. The van der Waals surface area contributed by atoms with E-state index < -0.39 is 0 Å². The minimum absolute atomic E-state index is 0.0535. The lowest BCUT2D eigenvalue weighted by atomic mass is 10.1. The Labute approximate surface area is 157 Å². The lowest BCUT2D eigenvalue weighted by Crippen LogP contribution is -2.53. The molecule has 0 saturated carbocycles. The Morgan fingerprint density at radius 3 is 2.67 bits per heavy atom. The number of rotatable bonds is 4. The van der Waals surface area contributed by atoms with E-state index in [2.05, 4.69) is 0 Å². The van der Waals surface area contributed by atoms with Gasteiger partial charge in [-0.1, -0.05) is 0 Å². The molecule has 2 saturated heterocycles. The normalized spacial score (nSPS) is 20.3. The molecule has 2 fully saturated rings. The van der Waals surface area contributed by atoms with E-state index in [0.29, 0.717) is 44.8 Å². The van der Waals surface area contributed by atoms with Crippen LogP contribution in [0, 0.1) is 0 Å². The molecule has 3 heterocycles. The van der Waals surface area contributed by atoms with E-state index in [9.17, 15) is 9.59 Å². The van der Waals surface area contributed by atoms with Crippen LogP contribution >= 0.6 is 0 Å². The lowest BCUT2D eigenvalue weighted by molar-refractivity contribution is -0.145. The maximum absolute atomic E-state index is 12.7. The molecule has 0 N–H and O–H groups in total. The quantitative estimate of drug-likeness (QED) is 0.819. The van der Waals surface area contributed by atoms with Gasteiger partial charge in [0, 0.05) is 49.8 Å². The summed E-state index contributed by atoms with van der Waals surface area (Å²) in [6.45, 7) is 2.91. The van der Waals surface area contributed by atoms with Crippen LogP contribution < -0.4 is 4.74 Å². The topological polar surface area (TPSA) is 72.2 Å². The van der Waals surface area contributed by atoms with Gasteiger partial charge in [-0.3, -0.25) is 9.59 Å². The minimum Gasteiger partial charge on any atom is -0.497 e. The van der Waals surface area contributed by atoms with Gasteiger partial charge >= 0.3 is 0 Å². The number of nitrogens with zero attached hydrogens (tertiary/aromatic N) is 2. The van der Waals surface area contributed by atoms with Crippen LogP contribution in [0.4, 0.5) is 0 Å². The molecule has 2 amide bonds. The van der Waals surface area contributed by atoms with Crippen LogP contribution in [0.1, 0.15) is 18.4 Å². The standard InChI is InChI=1S/C20H24N2O5/c1-25-15-4-5-16-14(13-27-18(16)12-15)11-19(23)21-6-8-22(9-7-21)20(24)17-3-2-10-26-17/h4-5,12-13,17H,2-3,6-11H2,1H3. The van der Waals surface area contributed by atoms with Gasteiger partial charge < -0.3 is 23.7 Å². The van der Waals surface area contributed by atoms with Gasteiger partial charge in [-0.15, -0.1) is 0 Å². The summed E-state index contributed by atoms with van der Waals surface area (Å²) in [5.41, 5.74) is 1.58. The molecule has 27 heavy (non-hydrogen) atoms. The van der Waals surface area contributed by atoms with Crippen molar-refractivity contribution < 1.29 is 23.5 Å². The van der Waals surface area contributed by atoms with Gasteiger partial charge in [0.1, 0.15) is 17.4 Å². The first kappa shape index (κ1) is 17.9. The predicted molar refractivity (Wildman–Crippen MR) is 98.6 cm³/mol. The number of carbonyl (C=O) groups excluding carboxylic acids is 2. The molecule has 1 aromatic carbocycles. The van der Waals surface area contributed by atoms with Crippen molar-refractivity contribution in [2.75, 3.05) is 39.9 Å². The number of benzene rings is 1. The molecule has 0 spiro atoms. The Morgan fingerprint density at radius 2 is 1.96 bits per heavy atom. The maximum atomic E-state index is 12.7. The van der Waals surface area contributed by atoms with Gasteiger partial charge in [0.15, 0.2) is 0 Å². The Hall–Kier alpha value is -2.54. The van der Waals surface area contributed by atoms with Gasteiger partial charge in [-0.25, -0.2) is 0 Å². The Balaban J connectivity index is 1.35. The number of fused-ring (bicyclic) bond motifs is 1. The summed E-state index contributed by atoms with van der Waals surface area (Å²) in [5, 5.41) is 0.927. The second kappa shape index (κ2) is 7.60. The van der Waals surface area contributed by atoms with E-state index in [1.54, 1.807) is 13.4 Å². The third kappa shape index (κ3) is 3.64. The monoisotopic (exact) mass is 372 g/mol. The molecule has 0 radical (unpaired) electrons. The number of piperazine rings is 1. The van der Waals surface area contributed by atoms with E-state index in [4.69, 9.17) is 13.9 Å². The Morgan fingerprint density at radius 1 is 1.19 bits per heavy atom. The number of methoxy groups -OCH3 is 1. The van der Waals surface area contributed by atoms with Crippen molar-refractivity contribution in [1.82, 2.24) is 9.80 Å². The fourth-order valence-electron chi connectivity index (χ4n) is 3.75. The molecule has 2 aromatic rings. The zero-order valence-electron chi connectivity index (χ0n) is 15.5. The van der Waals surface area contributed by atoms with Crippen molar-refractivity contribution in [1.29, 1.82) is 0 Å². The van der Waals surface area contributed by atoms with Gasteiger partial charge in [-0.2, -0.15) is 0 Å². The van der Waals surface area contributed by atoms with Gasteiger partial charge in [0.05, 0.1) is 19.8 Å². The van der Waals surface area contributed by atoms with E-state index >= 15 is 0 Å². The zero-order chi connectivity index (χ0) is 18.8. The fourth-order valence-corrected chi connectivity index (χ4v) is 3.75. The number of amides is 2. The summed E-state index contributed by atoms with van der Waals surface area (Å²) in [7, 11) is 1.61. The summed E-state index contributed by atoms with van der Waals surface area (Å²) >= 11 is 0. The van der Waals surface area contributed by atoms with Crippen LogP contribution in [0.5, 0.6) is 5.75 Å². The average molecular weight is 372 g/mol. The second-order valence-electron chi connectivity index (χ2n) is 7.01.